The molecule has 0 bridgehead atoms. The number of nitrogens with one attached hydrogen (secondary N) is 1. The fraction of sp³-hybridized carbons (Fsp3) is 0.500. The Morgan fingerprint density at radius 1 is 1.35 bits per heavy atom. The van der Waals surface area contributed by atoms with Crippen LogP contribution in [-0.2, 0) is 4.79 Å². The molecule has 1 atom stereocenters. The first-order valence-corrected chi connectivity index (χ1v) is 8.22. The van der Waals surface area contributed by atoms with Crippen LogP contribution in [0.25, 0.3) is 5.95 Å². The van der Waals surface area contributed by atoms with Crippen molar-refractivity contribution in [3.63, 3.8) is 0 Å². The number of fused-ring (bicyclic) bond motifs is 1. The second-order valence-corrected chi connectivity index (χ2v) is 6.14. The Bertz CT molecular complexity index is 707. The van der Waals surface area contributed by atoms with Crippen molar-refractivity contribution in [2.24, 2.45) is 0 Å². The molecule has 1 amide bonds. The van der Waals surface area contributed by atoms with Gasteiger partial charge in [-0.2, -0.15) is 4.98 Å². The summed E-state index contributed by atoms with van der Waals surface area (Å²) in [6, 6.07) is 0.228. The Balaban J connectivity index is 1.80. The number of hydrogen-bond acceptors (Lipinski definition) is 5. The highest BCUT2D eigenvalue weighted by Crippen LogP contribution is 2.37. The van der Waals surface area contributed by atoms with Crippen LogP contribution in [0.1, 0.15) is 39.0 Å². The Labute approximate surface area is 134 Å². The molecule has 2 aromatic rings. The Morgan fingerprint density at radius 2 is 2.17 bits per heavy atom. The fourth-order valence-corrected chi connectivity index (χ4v) is 3.63. The first-order valence-electron chi connectivity index (χ1n) is 8.22. The van der Waals surface area contributed by atoms with E-state index < -0.39 is 0 Å². The maximum absolute atomic E-state index is 12.4. The van der Waals surface area contributed by atoms with E-state index in [9.17, 15) is 4.79 Å². The summed E-state index contributed by atoms with van der Waals surface area (Å²) in [4.78, 5) is 27.8. The number of imidazole rings is 1. The SMILES string of the molecule is CCC1C(=O)Nc2cnc(-n3ccnc3)nc2N1C1CCCC1. The average Bonchev–Trinajstić information content (AvgIpc) is 3.26. The normalized spacial score (nSPS) is 21.3. The maximum atomic E-state index is 12.4. The molecule has 2 aliphatic rings. The van der Waals surface area contributed by atoms with E-state index >= 15 is 0 Å². The van der Waals surface area contributed by atoms with Crippen molar-refractivity contribution < 1.29 is 4.79 Å². The molecule has 1 aliphatic heterocycles. The van der Waals surface area contributed by atoms with Crippen molar-refractivity contribution in [2.45, 2.75) is 51.1 Å². The third-order valence-corrected chi connectivity index (χ3v) is 4.74. The van der Waals surface area contributed by atoms with Crippen LogP contribution in [0.3, 0.4) is 0 Å². The van der Waals surface area contributed by atoms with E-state index in [1.807, 2.05) is 6.20 Å². The molecule has 120 valence electrons. The Morgan fingerprint density at radius 3 is 2.87 bits per heavy atom. The molecular formula is C16H20N6O. The monoisotopic (exact) mass is 312 g/mol. The molecule has 0 spiro atoms. The van der Waals surface area contributed by atoms with E-state index in [1.165, 1.54) is 12.8 Å². The molecule has 1 saturated carbocycles. The molecule has 7 heteroatoms. The zero-order chi connectivity index (χ0) is 15.8. The maximum Gasteiger partial charge on any atom is 0.247 e. The van der Waals surface area contributed by atoms with Crippen LogP contribution in [-0.4, -0.2) is 37.5 Å². The van der Waals surface area contributed by atoms with Crippen LogP contribution in [0.2, 0.25) is 0 Å². The van der Waals surface area contributed by atoms with Gasteiger partial charge in [-0.1, -0.05) is 19.8 Å². The summed E-state index contributed by atoms with van der Waals surface area (Å²) in [7, 11) is 0. The number of rotatable bonds is 3. The average molecular weight is 312 g/mol. The molecule has 3 heterocycles. The fourth-order valence-electron chi connectivity index (χ4n) is 3.63. The predicted octanol–water partition coefficient (Wildman–Crippen LogP) is 2.14. The number of aromatic nitrogens is 4. The van der Waals surface area contributed by atoms with Crippen molar-refractivity contribution in [1.29, 1.82) is 0 Å². The number of amides is 1. The molecule has 23 heavy (non-hydrogen) atoms. The van der Waals surface area contributed by atoms with Gasteiger partial charge in [0.2, 0.25) is 11.9 Å². The van der Waals surface area contributed by atoms with Gasteiger partial charge in [-0.25, -0.2) is 9.97 Å². The van der Waals surface area contributed by atoms with Gasteiger partial charge in [-0.05, 0) is 19.3 Å². The summed E-state index contributed by atoms with van der Waals surface area (Å²) in [5, 5.41) is 2.96. The molecule has 1 N–H and O–H groups in total. The molecule has 1 fully saturated rings. The Kier molecular flexibility index (Phi) is 3.48. The summed E-state index contributed by atoms with van der Waals surface area (Å²) in [5.41, 5.74) is 0.704. The van der Waals surface area contributed by atoms with Crippen molar-refractivity contribution in [1.82, 2.24) is 19.5 Å². The number of carbonyl (C=O) groups excluding carboxylic acids is 1. The van der Waals surface area contributed by atoms with E-state index in [-0.39, 0.29) is 11.9 Å². The first-order chi connectivity index (χ1) is 11.3. The standard InChI is InChI=1S/C16H20N6O/c1-2-13-15(23)19-12-9-18-16(21-8-7-17-10-21)20-14(12)22(13)11-5-3-4-6-11/h7-11,13H,2-6H2,1H3,(H,19,23). The van der Waals surface area contributed by atoms with E-state index in [0.29, 0.717) is 17.7 Å². The van der Waals surface area contributed by atoms with Gasteiger partial charge in [0.05, 0.1) is 6.20 Å². The molecular weight excluding hydrogens is 292 g/mol. The minimum absolute atomic E-state index is 0.0471. The zero-order valence-electron chi connectivity index (χ0n) is 13.1. The first kappa shape index (κ1) is 14.2. The number of anilines is 2. The van der Waals surface area contributed by atoms with Crippen LogP contribution in [0, 0.1) is 0 Å². The van der Waals surface area contributed by atoms with E-state index in [2.05, 4.69) is 27.1 Å². The topological polar surface area (TPSA) is 75.9 Å². The molecule has 0 radical (unpaired) electrons. The van der Waals surface area contributed by atoms with Crippen molar-refractivity contribution in [3.8, 4) is 5.95 Å². The predicted molar refractivity (Wildman–Crippen MR) is 86.6 cm³/mol. The van der Waals surface area contributed by atoms with Crippen molar-refractivity contribution in [3.05, 3.63) is 24.9 Å². The third kappa shape index (κ3) is 2.36. The summed E-state index contributed by atoms with van der Waals surface area (Å²) < 4.78 is 1.78. The van der Waals surface area contributed by atoms with Crippen molar-refractivity contribution >= 4 is 17.4 Å². The van der Waals surface area contributed by atoms with Gasteiger partial charge in [0, 0.05) is 18.4 Å². The lowest BCUT2D eigenvalue weighted by atomic mass is 10.0. The minimum atomic E-state index is -0.156. The van der Waals surface area contributed by atoms with Crippen molar-refractivity contribution in [2.75, 3.05) is 10.2 Å². The lowest BCUT2D eigenvalue weighted by Crippen LogP contribution is -2.52. The summed E-state index contributed by atoms with van der Waals surface area (Å²) in [5.74, 6) is 1.46. The highest BCUT2D eigenvalue weighted by molar-refractivity contribution is 6.02. The molecule has 7 nitrogen and oxygen atoms in total. The number of hydrogen-bond donors (Lipinski definition) is 1. The smallest absolute Gasteiger partial charge is 0.247 e. The summed E-state index contributed by atoms with van der Waals surface area (Å²) in [6.45, 7) is 2.05. The highest BCUT2D eigenvalue weighted by atomic mass is 16.2. The van der Waals surface area contributed by atoms with E-state index in [1.54, 1.807) is 23.3 Å². The van der Waals surface area contributed by atoms with Gasteiger partial charge >= 0.3 is 0 Å². The van der Waals surface area contributed by atoms with Gasteiger partial charge < -0.3 is 10.2 Å². The van der Waals surface area contributed by atoms with Gasteiger partial charge in [0.1, 0.15) is 18.1 Å². The van der Waals surface area contributed by atoms with Crippen LogP contribution in [0.5, 0.6) is 0 Å². The van der Waals surface area contributed by atoms with Gasteiger partial charge in [-0.15, -0.1) is 0 Å². The molecule has 4 rings (SSSR count). The summed E-state index contributed by atoms with van der Waals surface area (Å²) in [6.07, 6.45) is 12.3. The van der Waals surface area contributed by atoms with E-state index in [4.69, 9.17) is 4.98 Å². The largest absolute Gasteiger partial charge is 0.340 e. The van der Waals surface area contributed by atoms with Crippen LogP contribution in [0.15, 0.2) is 24.9 Å². The number of nitrogens with zero attached hydrogens (tertiary/aromatic N) is 5. The quantitative estimate of drug-likeness (QED) is 0.939. The van der Waals surface area contributed by atoms with Gasteiger partial charge in [-0.3, -0.25) is 9.36 Å². The van der Waals surface area contributed by atoms with E-state index in [0.717, 1.165) is 25.1 Å². The Hall–Kier alpha value is -2.44. The lowest BCUT2D eigenvalue weighted by Gasteiger charge is -2.40. The van der Waals surface area contributed by atoms with Crippen LogP contribution >= 0.6 is 0 Å². The number of carbonyl (C=O) groups is 1. The van der Waals surface area contributed by atoms with Gasteiger partial charge in [0.15, 0.2) is 5.82 Å². The molecule has 0 saturated heterocycles. The van der Waals surface area contributed by atoms with Gasteiger partial charge in [0.25, 0.3) is 0 Å². The molecule has 2 aromatic heterocycles. The van der Waals surface area contributed by atoms with Crippen LogP contribution < -0.4 is 10.2 Å². The van der Waals surface area contributed by atoms with Crippen LogP contribution in [0.4, 0.5) is 11.5 Å². The molecule has 1 aliphatic carbocycles. The second-order valence-electron chi connectivity index (χ2n) is 6.14. The second kappa shape index (κ2) is 5.64. The molecule has 1 unspecified atom stereocenters. The third-order valence-electron chi connectivity index (χ3n) is 4.74. The zero-order valence-corrected chi connectivity index (χ0v) is 13.1. The molecule has 0 aromatic carbocycles. The summed E-state index contributed by atoms with van der Waals surface area (Å²) >= 11 is 0. The highest BCUT2D eigenvalue weighted by Gasteiger charge is 2.38. The minimum Gasteiger partial charge on any atom is -0.340 e. The lowest BCUT2D eigenvalue weighted by molar-refractivity contribution is -0.117.